The van der Waals surface area contributed by atoms with E-state index in [0.717, 1.165) is 0 Å². The van der Waals surface area contributed by atoms with Gasteiger partial charge in [-0.15, -0.1) is 0 Å². The number of hydrogen-bond donors (Lipinski definition) is 1. The molecule has 0 saturated heterocycles. The molecule has 0 aliphatic carbocycles. The third kappa shape index (κ3) is 2.33. The molecule has 0 radical (unpaired) electrons. The van der Waals surface area contributed by atoms with Crippen LogP contribution in [-0.2, 0) is 9.84 Å². The molecular formula is C13H11N3O4S. The summed E-state index contributed by atoms with van der Waals surface area (Å²) in [4.78, 5) is 24.9. The number of amides is 1. The Balaban J connectivity index is 2.06. The van der Waals surface area contributed by atoms with Crippen LogP contribution in [-0.4, -0.2) is 36.8 Å². The van der Waals surface area contributed by atoms with E-state index in [-0.39, 0.29) is 22.9 Å². The van der Waals surface area contributed by atoms with Gasteiger partial charge >= 0.3 is 0 Å². The van der Waals surface area contributed by atoms with Crippen LogP contribution in [0.5, 0.6) is 0 Å². The van der Waals surface area contributed by atoms with E-state index < -0.39 is 21.3 Å². The van der Waals surface area contributed by atoms with E-state index in [1.807, 2.05) is 0 Å². The van der Waals surface area contributed by atoms with Crippen molar-refractivity contribution in [1.29, 1.82) is 0 Å². The van der Waals surface area contributed by atoms with Crippen molar-refractivity contribution in [2.24, 2.45) is 0 Å². The molecule has 2 aromatic rings. The molecule has 1 amide bonds. The van der Waals surface area contributed by atoms with Gasteiger partial charge in [-0.2, -0.15) is 5.10 Å². The molecule has 0 bridgehead atoms. The zero-order valence-electron chi connectivity index (χ0n) is 10.8. The zero-order chi connectivity index (χ0) is 15.0. The number of rotatable bonds is 1. The highest BCUT2D eigenvalue weighted by Gasteiger charge is 2.32. The van der Waals surface area contributed by atoms with Gasteiger partial charge in [-0.25, -0.2) is 13.5 Å². The number of aromatic nitrogens is 2. The number of nitrogens with zero attached hydrogens (tertiary/aromatic N) is 2. The quantitative estimate of drug-likeness (QED) is 0.811. The lowest BCUT2D eigenvalue weighted by Crippen LogP contribution is -2.40. The fourth-order valence-electron chi connectivity index (χ4n) is 2.20. The summed E-state index contributed by atoms with van der Waals surface area (Å²) < 4.78 is 24.0. The first-order valence-electron chi connectivity index (χ1n) is 6.18. The fraction of sp³-hybridized carbons (Fsp3) is 0.154. The number of benzene rings is 1. The molecule has 2 heterocycles. The number of fused-ring (bicyclic) bond motifs is 1. The minimum Gasteiger partial charge on any atom is -0.305 e. The first-order valence-corrected chi connectivity index (χ1v) is 7.84. The van der Waals surface area contributed by atoms with E-state index in [1.165, 1.54) is 23.1 Å². The van der Waals surface area contributed by atoms with Crippen LogP contribution in [0.15, 0.2) is 46.1 Å². The number of anilines is 1. The minimum atomic E-state index is -3.37. The van der Waals surface area contributed by atoms with Crippen molar-refractivity contribution < 1.29 is 13.2 Å². The minimum absolute atomic E-state index is 0.0546. The molecule has 1 aliphatic rings. The van der Waals surface area contributed by atoms with Crippen LogP contribution in [0.25, 0.3) is 0 Å². The van der Waals surface area contributed by atoms with E-state index in [4.69, 9.17) is 0 Å². The van der Waals surface area contributed by atoms with Crippen molar-refractivity contribution >= 4 is 21.4 Å². The maximum atomic E-state index is 12.4. The van der Waals surface area contributed by atoms with Crippen molar-refractivity contribution in [3.05, 3.63) is 52.4 Å². The molecule has 1 aliphatic heterocycles. The van der Waals surface area contributed by atoms with Gasteiger partial charge in [-0.1, -0.05) is 12.1 Å². The second-order valence-electron chi connectivity index (χ2n) is 4.55. The summed E-state index contributed by atoms with van der Waals surface area (Å²) in [5.74, 6) is -0.590. The van der Waals surface area contributed by atoms with Crippen LogP contribution in [0.3, 0.4) is 0 Å². The number of H-pyrrole nitrogens is 1. The monoisotopic (exact) mass is 305 g/mol. The number of carbonyl (C=O) groups is 1. The predicted molar refractivity (Wildman–Crippen MR) is 75.0 cm³/mol. The van der Waals surface area contributed by atoms with E-state index in [1.54, 1.807) is 18.2 Å². The van der Waals surface area contributed by atoms with Gasteiger partial charge in [0.05, 0.1) is 16.3 Å². The van der Waals surface area contributed by atoms with Crippen LogP contribution in [0, 0.1) is 0 Å². The molecule has 1 aromatic carbocycles. The van der Waals surface area contributed by atoms with Crippen LogP contribution < -0.4 is 10.5 Å². The van der Waals surface area contributed by atoms with Gasteiger partial charge in [-0.05, 0) is 18.2 Å². The Morgan fingerprint density at radius 2 is 1.95 bits per heavy atom. The van der Waals surface area contributed by atoms with Crippen molar-refractivity contribution in [2.75, 3.05) is 17.2 Å². The van der Waals surface area contributed by atoms with E-state index >= 15 is 0 Å². The molecule has 0 unspecified atom stereocenters. The first kappa shape index (κ1) is 13.5. The van der Waals surface area contributed by atoms with Crippen molar-refractivity contribution in [2.45, 2.75) is 4.90 Å². The van der Waals surface area contributed by atoms with Gasteiger partial charge in [0, 0.05) is 12.6 Å². The lowest BCUT2D eigenvalue weighted by molar-refractivity contribution is 0.0981. The normalized spacial score (nSPS) is 16.3. The fourth-order valence-corrected chi connectivity index (χ4v) is 3.62. The maximum absolute atomic E-state index is 12.4. The second-order valence-corrected chi connectivity index (χ2v) is 6.63. The molecular weight excluding hydrogens is 294 g/mol. The smallest absolute Gasteiger partial charge is 0.278 e. The van der Waals surface area contributed by atoms with Crippen LogP contribution in [0.2, 0.25) is 0 Å². The summed E-state index contributed by atoms with van der Waals surface area (Å²) in [7, 11) is -3.37. The maximum Gasteiger partial charge on any atom is 0.278 e. The van der Waals surface area contributed by atoms with Crippen LogP contribution in [0.4, 0.5) is 5.69 Å². The van der Waals surface area contributed by atoms with Crippen molar-refractivity contribution in [3.63, 3.8) is 0 Å². The molecule has 7 nitrogen and oxygen atoms in total. The number of nitrogens with one attached hydrogen (secondary N) is 1. The summed E-state index contributed by atoms with van der Waals surface area (Å²) in [5, 5.41) is 5.87. The Bertz CT molecular complexity index is 852. The molecule has 8 heteroatoms. The highest BCUT2D eigenvalue weighted by molar-refractivity contribution is 7.91. The lowest BCUT2D eigenvalue weighted by Gasteiger charge is -2.28. The van der Waals surface area contributed by atoms with E-state index in [9.17, 15) is 18.0 Å². The molecule has 0 spiro atoms. The lowest BCUT2D eigenvalue weighted by atomic mass is 10.2. The topological polar surface area (TPSA) is 100 Å². The third-order valence-electron chi connectivity index (χ3n) is 3.22. The van der Waals surface area contributed by atoms with Gasteiger partial charge in [0.25, 0.3) is 11.5 Å². The number of hydrogen-bond acceptors (Lipinski definition) is 5. The van der Waals surface area contributed by atoms with Crippen molar-refractivity contribution in [3.8, 4) is 0 Å². The van der Waals surface area contributed by atoms with Crippen LogP contribution >= 0.6 is 0 Å². The summed E-state index contributed by atoms with van der Waals surface area (Å²) in [6.45, 7) is 0.0546. The Labute approximate surface area is 120 Å². The number of aromatic amines is 1. The highest BCUT2D eigenvalue weighted by Crippen LogP contribution is 2.30. The zero-order valence-corrected chi connectivity index (χ0v) is 11.6. The molecule has 0 saturated carbocycles. The standard InChI is InChI=1S/C13H11N3O4S/c17-12-6-5-9(14-15-12)13(18)16-7-8-21(19,20)11-4-2-1-3-10(11)16/h1-6H,7-8H2,(H,15,17). The van der Waals surface area contributed by atoms with Gasteiger partial charge in [0.1, 0.15) is 5.69 Å². The van der Waals surface area contributed by atoms with Crippen molar-refractivity contribution in [1.82, 2.24) is 10.2 Å². The molecule has 108 valence electrons. The average molecular weight is 305 g/mol. The summed E-state index contributed by atoms with van der Waals surface area (Å²) in [5.41, 5.74) is -0.0152. The molecule has 0 fully saturated rings. The van der Waals surface area contributed by atoms with E-state index in [2.05, 4.69) is 10.2 Å². The van der Waals surface area contributed by atoms with Gasteiger partial charge in [-0.3, -0.25) is 9.59 Å². The number of sulfone groups is 1. The Morgan fingerprint density at radius 3 is 2.67 bits per heavy atom. The predicted octanol–water partition coefficient (Wildman–Crippen LogP) is 0.204. The largest absolute Gasteiger partial charge is 0.305 e. The number of para-hydroxylation sites is 1. The summed E-state index contributed by atoms with van der Waals surface area (Å²) >= 11 is 0. The molecule has 1 N–H and O–H groups in total. The van der Waals surface area contributed by atoms with Gasteiger partial charge < -0.3 is 4.90 Å². The molecule has 0 atom stereocenters. The first-order chi connectivity index (χ1) is 9.99. The van der Waals surface area contributed by atoms with Gasteiger partial charge in [0.15, 0.2) is 9.84 Å². The average Bonchev–Trinajstić information content (AvgIpc) is 2.48. The highest BCUT2D eigenvalue weighted by atomic mass is 32.2. The van der Waals surface area contributed by atoms with Crippen LogP contribution in [0.1, 0.15) is 10.5 Å². The van der Waals surface area contributed by atoms with Gasteiger partial charge in [0.2, 0.25) is 0 Å². The molecule has 1 aromatic heterocycles. The summed E-state index contributed by atoms with van der Waals surface area (Å²) in [6.07, 6.45) is 0. The Kier molecular flexibility index (Phi) is 3.09. The van der Waals surface area contributed by atoms with E-state index in [0.29, 0.717) is 5.69 Å². The summed E-state index contributed by atoms with van der Waals surface area (Å²) in [6, 6.07) is 8.85. The SMILES string of the molecule is O=C(c1ccc(=O)[nH]n1)N1CCS(=O)(=O)c2ccccc21. The Hall–Kier alpha value is -2.48. The second kappa shape index (κ2) is 4.81. The third-order valence-corrected chi connectivity index (χ3v) is 4.95. The Morgan fingerprint density at radius 1 is 1.19 bits per heavy atom. The molecule has 3 rings (SSSR count). The molecule has 21 heavy (non-hydrogen) atoms. The number of carbonyl (C=O) groups excluding carboxylic acids is 1.